The number of hydrogen-bond acceptors (Lipinski definition) is 3. The van der Waals surface area contributed by atoms with Gasteiger partial charge in [0.05, 0.1) is 12.0 Å². The number of hydrogen-bond donors (Lipinski definition) is 0. The third kappa shape index (κ3) is 4.35. The van der Waals surface area contributed by atoms with Crippen LogP contribution in [0.2, 0.25) is 0 Å². The number of para-hydroxylation sites is 1. The molecule has 152 valence electrons. The Morgan fingerprint density at radius 1 is 1.24 bits per heavy atom. The summed E-state index contributed by atoms with van der Waals surface area (Å²) in [5.74, 6) is 0.678. The van der Waals surface area contributed by atoms with Crippen molar-refractivity contribution >= 4 is 16.9 Å². The minimum atomic E-state index is -0.216. The van der Waals surface area contributed by atoms with Gasteiger partial charge in [0.1, 0.15) is 17.2 Å². The molecule has 0 N–H and O–H groups in total. The van der Waals surface area contributed by atoms with E-state index in [1.165, 1.54) is 6.07 Å². The lowest BCUT2D eigenvalue weighted by Crippen LogP contribution is -2.44. The van der Waals surface area contributed by atoms with Crippen LogP contribution in [-0.2, 0) is 11.3 Å². The van der Waals surface area contributed by atoms with E-state index in [9.17, 15) is 9.18 Å². The minimum absolute atomic E-state index is 0.0471. The second-order valence-corrected chi connectivity index (χ2v) is 8.02. The standard InChI is InChI=1S/C24H27FN2O2/c1-17(23-14-19-8-3-4-11-22(19)29-23)26(2)24(28)20-9-6-12-27(16-20)15-18-7-5-10-21(25)13-18/h3-5,7-8,10-11,13-14,17,20H,6,9,12,15-16H2,1-2H3. The van der Waals surface area contributed by atoms with Gasteiger partial charge in [-0.15, -0.1) is 0 Å². The molecule has 29 heavy (non-hydrogen) atoms. The van der Waals surface area contributed by atoms with Crippen molar-refractivity contribution in [2.75, 3.05) is 20.1 Å². The van der Waals surface area contributed by atoms with Gasteiger partial charge in [0, 0.05) is 25.5 Å². The molecule has 5 heteroatoms. The number of rotatable bonds is 5. The lowest BCUT2D eigenvalue weighted by atomic mass is 9.95. The molecular formula is C24H27FN2O2. The van der Waals surface area contributed by atoms with E-state index in [0.717, 1.165) is 41.7 Å². The summed E-state index contributed by atoms with van der Waals surface area (Å²) in [5.41, 5.74) is 1.79. The largest absolute Gasteiger partial charge is 0.459 e. The Morgan fingerprint density at radius 2 is 2.07 bits per heavy atom. The SMILES string of the molecule is CC(c1cc2ccccc2o1)N(C)C(=O)C1CCCN(Cc2cccc(F)c2)C1. The molecular weight excluding hydrogens is 367 g/mol. The van der Waals surface area contributed by atoms with E-state index in [-0.39, 0.29) is 23.7 Å². The van der Waals surface area contributed by atoms with Gasteiger partial charge < -0.3 is 9.32 Å². The molecule has 1 saturated heterocycles. The van der Waals surface area contributed by atoms with Crippen LogP contribution in [0.1, 0.15) is 37.1 Å². The van der Waals surface area contributed by atoms with Crippen LogP contribution in [-0.4, -0.2) is 35.8 Å². The van der Waals surface area contributed by atoms with Crippen LogP contribution < -0.4 is 0 Å². The second kappa shape index (κ2) is 8.37. The zero-order chi connectivity index (χ0) is 20.4. The van der Waals surface area contributed by atoms with Gasteiger partial charge in [-0.25, -0.2) is 4.39 Å². The average Bonchev–Trinajstić information content (AvgIpc) is 3.16. The van der Waals surface area contributed by atoms with Gasteiger partial charge in [0.2, 0.25) is 5.91 Å². The minimum Gasteiger partial charge on any atom is -0.459 e. The molecule has 4 rings (SSSR count). The lowest BCUT2D eigenvalue weighted by molar-refractivity contribution is -0.138. The van der Waals surface area contributed by atoms with Crippen LogP contribution in [0.15, 0.2) is 59.0 Å². The van der Waals surface area contributed by atoms with Gasteiger partial charge >= 0.3 is 0 Å². The molecule has 1 aliphatic rings. The topological polar surface area (TPSA) is 36.7 Å². The Morgan fingerprint density at radius 3 is 2.86 bits per heavy atom. The molecule has 0 aliphatic carbocycles. The number of halogens is 1. The number of fused-ring (bicyclic) bond motifs is 1. The van der Waals surface area contributed by atoms with Crippen molar-refractivity contribution < 1.29 is 13.6 Å². The molecule has 1 aromatic heterocycles. The molecule has 0 spiro atoms. The first kappa shape index (κ1) is 19.6. The third-order valence-electron chi connectivity index (χ3n) is 5.93. The van der Waals surface area contributed by atoms with Crippen molar-refractivity contribution in [3.63, 3.8) is 0 Å². The molecule has 3 aromatic rings. The molecule has 0 saturated carbocycles. The van der Waals surface area contributed by atoms with E-state index in [2.05, 4.69) is 4.90 Å². The van der Waals surface area contributed by atoms with Crippen molar-refractivity contribution in [1.29, 1.82) is 0 Å². The fourth-order valence-corrected chi connectivity index (χ4v) is 4.17. The van der Waals surface area contributed by atoms with Crippen molar-refractivity contribution in [2.24, 2.45) is 5.92 Å². The summed E-state index contributed by atoms with van der Waals surface area (Å²) < 4.78 is 19.4. The van der Waals surface area contributed by atoms with Gasteiger partial charge in [-0.05, 0) is 56.1 Å². The predicted octanol–water partition coefficient (Wildman–Crippen LogP) is 5.00. The Hall–Kier alpha value is -2.66. The number of likely N-dealkylation sites (tertiary alicyclic amines) is 1. The maximum Gasteiger partial charge on any atom is 0.227 e. The van der Waals surface area contributed by atoms with E-state index in [0.29, 0.717) is 13.1 Å². The fourth-order valence-electron chi connectivity index (χ4n) is 4.17. The summed E-state index contributed by atoms with van der Waals surface area (Å²) in [4.78, 5) is 17.2. The highest BCUT2D eigenvalue weighted by Crippen LogP contribution is 2.29. The van der Waals surface area contributed by atoms with E-state index in [1.807, 2.05) is 50.4 Å². The third-order valence-corrected chi connectivity index (χ3v) is 5.93. The molecule has 2 unspecified atom stereocenters. The van der Waals surface area contributed by atoms with Gasteiger partial charge in [0.25, 0.3) is 0 Å². The predicted molar refractivity (Wildman–Crippen MR) is 112 cm³/mol. The molecule has 1 fully saturated rings. The van der Waals surface area contributed by atoms with Crippen LogP contribution in [0, 0.1) is 11.7 Å². The maximum absolute atomic E-state index is 13.5. The Kier molecular flexibility index (Phi) is 5.67. The number of nitrogens with zero attached hydrogens (tertiary/aromatic N) is 2. The highest BCUT2D eigenvalue weighted by Gasteiger charge is 2.31. The molecule has 2 aromatic carbocycles. The molecule has 0 bridgehead atoms. The highest BCUT2D eigenvalue weighted by molar-refractivity contribution is 5.80. The first-order valence-electron chi connectivity index (χ1n) is 10.2. The van der Waals surface area contributed by atoms with Crippen molar-refractivity contribution in [3.05, 3.63) is 71.7 Å². The average molecular weight is 394 g/mol. The number of amides is 1. The van der Waals surface area contributed by atoms with Crippen LogP contribution in [0.3, 0.4) is 0 Å². The highest BCUT2D eigenvalue weighted by atomic mass is 19.1. The number of carbonyl (C=O) groups excluding carboxylic acids is 1. The van der Waals surface area contributed by atoms with Crippen molar-refractivity contribution in [3.8, 4) is 0 Å². The van der Waals surface area contributed by atoms with Gasteiger partial charge in [-0.3, -0.25) is 9.69 Å². The Labute approximate surface area is 170 Å². The van der Waals surface area contributed by atoms with Crippen molar-refractivity contribution in [2.45, 2.75) is 32.4 Å². The molecule has 1 amide bonds. The van der Waals surface area contributed by atoms with Gasteiger partial charge in [-0.1, -0.05) is 30.3 Å². The summed E-state index contributed by atoms with van der Waals surface area (Å²) in [7, 11) is 1.85. The fraction of sp³-hybridized carbons (Fsp3) is 0.375. The zero-order valence-corrected chi connectivity index (χ0v) is 17.0. The lowest BCUT2D eigenvalue weighted by Gasteiger charge is -2.35. The smallest absolute Gasteiger partial charge is 0.227 e. The summed E-state index contributed by atoms with van der Waals surface area (Å²) in [5, 5.41) is 1.05. The number of piperidine rings is 1. The van der Waals surface area contributed by atoms with E-state index in [1.54, 1.807) is 17.0 Å². The molecule has 0 radical (unpaired) electrons. The normalized spacial score (nSPS) is 18.7. The summed E-state index contributed by atoms with van der Waals surface area (Å²) in [6.45, 7) is 4.31. The molecule has 2 atom stereocenters. The van der Waals surface area contributed by atoms with E-state index >= 15 is 0 Å². The maximum atomic E-state index is 13.5. The quantitative estimate of drug-likeness (QED) is 0.611. The Bertz CT molecular complexity index is 966. The van der Waals surface area contributed by atoms with Crippen LogP contribution in [0.25, 0.3) is 11.0 Å². The van der Waals surface area contributed by atoms with E-state index in [4.69, 9.17) is 4.42 Å². The Balaban J connectivity index is 1.42. The summed E-state index contributed by atoms with van der Waals surface area (Å²) in [6.07, 6.45) is 1.86. The van der Waals surface area contributed by atoms with Crippen molar-refractivity contribution in [1.82, 2.24) is 9.80 Å². The first-order chi connectivity index (χ1) is 14.0. The monoisotopic (exact) mass is 394 g/mol. The number of furan rings is 1. The number of benzene rings is 2. The van der Waals surface area contributed by atoms with Crippen LogP contribution in [0.5, 0.6) is 0 Å². The van der Waals surface area contributed by atoms with E-state index < -0.39 is 0 Å². The first-order valence-corrected chi connectivity index (χ1v) is 10.2. The molecule has 1 aliphatic heterocycles. The van der Waals surface area contributed by atoms with Gasteiger partial charge in [-0.2, -0.15) is 0 Å². The number of carbonyl (C=O) groups is 1. The molecule has 2 heterocycles. The zero-order valence-electron chi connectivity index (χ0n) is 17.0. The van der Waals surface area contributed by atoms with Gasteiger partial charge in [0.15, 0.2) is 0 Å². The summed E-state index contributed by atoms with van der Waals surface area (Å²) in [6, 6.07) is 16.5. The second-order valence-electron chi connectivity index (χ2n) is 8.02. The summed E-state index contributed by atoms with van der Waals surface area (Å²) >= 11 is 0. The van der Waals surface area contributed by atoms with Crippen LogP contribution >= 0.6 is 0 Å². The van der Waals surface area contributed by atoms with Crippen LogP contribution in [0.4, 0.5) is 4.39 Å². The molecule has 4 nitrogen and oxygen atoms in total.